The van der Waals surface area contributed by atoms with Gasteiger partial charge in [-0.3, -0.25) is 4.90 Å². The first-order valence-corrected chi connectivity index (χ1v) is 8.33. The van der Waals surface area contributed by atoms with E-state index in [1.807, 2.05) is 11.0 Å². The van der Waals surface area contributed by atoms with E-state index in [9.17, 15) is 9.18 Å². The average molecular weight is 341 g/mol. The molecular formula is C19H20FN3O2. The zero-order chi connectivity index (χ0) is 17.8. The Bertz CT molecular complexity index is 744. The molecule has 130 valence electrons. The Morgan fingerprint density at radius 1 is 1.40 bits per heavy atom. The van der Waals surface area contributed by atoms with Gasteiger partial charge in [-0.25, -0.2) is 9.18 Å². The van der Waals surface area contributed by atoms with Crippen LogP contribution in [0.4, 0.5) is 20.6 Å². The summed E-state index contributed by atoms with van der Waals surface area (Å²) in [6.07, 6.45) is 4.69. The number of piperidine rings is 1. The van der Waals surface area contributed by atoms with Crippen molar-refractivity contribution in [3.8, 4) is 6.07 Å². The zero-order valence-electron chi connectivity index (χ0n) is 13.9. The molecule has 0 spiro atoms. The number of nitriles is 1. The molecule has 6 heteroatoms. The molecule has 2 saturated heterocycles. The van der Waals surface area contributed by atoms with E-state index in [1.54, 1.807) is 24.3 Å². The molecule has 2 heterocycles. The molecule has 0 N–H and O–H groups in total. The van der Waals surface area contributed by atoms with Crippen molar-refractivity contribution in [2.75, 3.05) is 29.4 Å². The summed E-state index contributed by atoms with van der Waals surface area (Å²) >= 11 is 0. The van der Waals surface area contributed by atoms with Crippen molar-refractivity contribution in [2.45, 2.75) is 25.4 Å². The van der Waals surface area contributed by atoms with Gasteiger partial charge in [0.25, 0.3) is 0 Å². The van der Waals surface area contributed by atoms with Crippen LogP contribution < -0.4 is 9.80 Å². The number of benzene rings is 1. The van der Waals surface area contributed by atoms with Crippen LogP contribution in [-0.2, 0) is 4.74 Å². The summed E-state index contributed by atoms with van der Waals surface area (Å²) in [5.41, 5.74) is 2.12. The van der Waals surface area contributed by atoms with Crippen LogP contribution in [0.25, 0.3) is 0 Å². The summed E-state index contributed by atoms with van der Waals surface area (Å²) in [5.74, 6) is -0.356. The van der Waals surface area contributed by atoms with Gasteiger partial charge in [-0.2, -0.15) is 5.26 Å². The molecule has 2 aliphatic rings. The lowest BCUT2D eigenvalue weighted by molar-refractivity contribution is 0.143. The number of anilines is 2. The Morgan fingerprint density at radius 3 is 2.80 bits per heavy atom. The first-order chi connectivity index (χ1) is 12.1. The molecule has 5 nitrogen and oxygen atoms in total. The number of rotatable bonds is 4. The molecule has 1 amide bonds. The number of hydrogen-bond acceptors (Lipinski definition) is 4. The SMILES string of the molecule is C=CC[C@H]1CN(c2ccc(N3CCC(=CC#N)CC3)c(F)c2)C(=O)O1. The highest BCUT2D eigenvalue weighted by Crippen LogP contribution is 2.30. The van der Waals surface area contributed by atoms with Crippen molar-refractivity contribution < 1.29 is 13.9 Å². The third kappa shape index (κ3) is 3.66. The largest absolute Gasteiger partial charge is 0.444 e. The van der Waals surface area contributed by atoms with Gasteiger partial charge in [0.2, 0.25) is 0 Å². The quantitative estimate of drug-likeness (QED) is 0.618. The predicted molar refractivity (Wildman–Crippen MR) is 94.0 cm³/mol. The van der Waals surface area contributed by atoms with Crippen molar-refractivity contribution >= 4 is 17.5 Å². The van der Waals surface area contributed by atoms with Crippen molar-refractivity contribution in [3.05, 3.63) is 48.3 Å². The number of cyclic esters (lactones) is 1. The maximum absolute atomic E-state index is 14.6. The number of nitrogens with zero attached hydrogens (tertiary/aromatic N) is 3. The molecule has 1 aromatic carbocycles. The number of amides is 1. The Hall–Kier alpha value is -2.81. The fraction of sp³-hybridized carbons (Fsp3) is 0.368. The van der Waals surface area contributed by atoms with Gasteiger partial charge in [0.05, 0.1) is 24.0 Å². The molecule has 1 aromatic rings. The maximum atomic E-state index is 14.6. The number of allylic oxidation sites excluding steroid dienone is 1. The minimum atomic E-state index is -0.455. The van der Waals surface area contributed by atoms with Crippen LogP contribution in [0.5, 0.6) is 0 Å². The van der Waals surface area contributed by atoms with E-state index in [-0.39, 0.29) is 11.9 Å². The Morgan fingerprint density at radius 2 is 2.16 bits per heavy atom. The average Bonchev–Trinajstić information content (AvgIpc) is 2.97. The Kier molecular flexibility index (Phi) is 5.03. The molecule has 0 aliphatic carbocycles. The van der Waals surface area contributed by atoms with Gasteiger partial charge >= 0.3 is 6.09 Å². The van der Waals surface area contributed by atoms with E-state index < -0.39 is 6.09 Å². The number of halogens is 1. The fourth-order valence-corrected chi connectivity index (χ4v) is 3.23. The highest BCUT2D eigenvalue weighted by atomic mass is 19.1. The molecule has 2 fully saturated rings. The van der Waals surface area contributed by atoms with Gasteiger partial charge in [-0.05, 0) is 31.0 Å². The van der Waals surface area contributed by atoms with E-state index in [1.165, 1.54) is 11.0 Å². The van der Waals surface area contributed by atoms with Crippen LogP contribution >= 0.6 is 0 Å². The van der Waals surface area contributed by atoms with Crippen molar-refractivity contribution in [1.29, 1.82) is 5.26 Å². The second-order valence-corrected chi connectivity index (χ2v) is 6.20. The summed E-state index contributed by atoms with van der Waals surface area (Å²) in [6.45, 7) is 5.40. The van der Waals surface area contributed by atoms with Gasteiger partial charge in [-0.1, -0.05) is 11.6 Å². The minimum Gasteiger partial charge on any atom is -0.444 e. The first-order valence-electron chi connectivity index (χ1n) is 8.33. The lowest BCUT2D eigenvalue weighted by atomic mass is 10.0. The van der Waals surface area contributed by atoms with Crippen LogP contribution in [-0.4, -0.2) is 31.8 Å². The third-order valence-electron chi connectivity index (χ3n) is 4.56. The molecule has 1 atom stereocenters. The normalized spacial score (nSPS) is 20.2. The maximum Gasteiger partial charge on any atom is 0.414 e. The van der Waals surface area contributed by atoms with Crippen LogP contribution in [0.2, 0.25) is 0 Å². The van der Waals surface area contributed by atoms with E-state index in [0.29, 0.717) is 37.4 Å². The van der Waals surface area contributed by atoms with Crippen LogP contribution in [0, 0.1) is 17.1 Å². The fourth-order valence-electron chi connectivity index (χ4n) is 3.23. The van der Waals surface area contributed by atoms with Crippen LogP contribution in [0.3, 0.4) is 0 Å². The summed E-state index contributed by atoms with van der Waals surface area (Å²) in [5, 5.41) is 8.71. The van der Waals surface area contributed by atoms with Crippen LogP contribution in [0.15, 0.2) is 42.5 Å². The molecule has 0 saturated carbocycles. The van der Waals surface area contributed by atoms with E-state index in [0.717, 1.165) is 18.4 Å². The lowest BCUT2D eigenvalue weighted by Crippen LogP contribution is -2.31. The molecule has 25 heavy (non-hydrogen) atoms. The van der Waals surface area contributed by atoms with Gasteiger partial charge in [-0.15, -0.1) is 6.58 Å². The second kappa shape index (κ2) is 7.39. The minimum absolute atomic E-state index is 0.236. The topological polar surface area (TPSA) is 56.6 Å². The monoisotopic (exact) mass is 341 g/mol. The molecule has 0 unspecified atom stereocenters. The van der Waals surface area contributed by atoms with Gasteiger partial charge in [0.1, 0.15) is 11.9 Å². The lowest BCUT2D eigenvalue weighted by Gasteiger charge is -2.30. The van der Waals surface area contributed by atoms with E-state index in [4.69, 9.17) is 10.00 Å². The van der Waals surface area contributed by atoms with E-state index >= 15 is 0 Å². The summed E-state index contributed by atoms with van der Waals surface area (Å²) in [7, 11) is 0. The summed E-state index contributed by atoms with van der Waals surface area (Å²) in [6, 6.07) is 6.88. The van der Waals surface area contributed by atoms with Gasteiger partial charge in [0.15, 0.2) is 0 Å². The number of hydrogen-bond donors (Lipinski definition) is 0. The highest BCUT2D eigenvalue weighted by molar-refractivity contribution is 5.90. The smallest absolute Gasteiger partial charge is 0.414 e. The summed E-state index contributed by atoms with van der Waals surface area (Å²) < 4.78 is 19.8. The Labute approximate surface area is 146 Å². The molecule has 3 rings (SSSR count). The molecule has 0 aromatic heterocycles. The summed E-state index contributed by atoms with van der Waals surface area (Å²) in [4.78, 5) is 15.4. The Balaban J connectivity index is 1.72. The number of carbonyl (C=O) groups excluding carboxylic acids is 1. The standard InChI is InChI=1S/C19H20FN3O2/c1-2-3-16-13-23(19(24)25-16)15-4-5-18(17(20)12-15)22-10-7-14(6-9-21)8-11-22/h2,4-6,12,16H,1,3,7-8,10-11,13H2/t16-/m0/s1. The van der Waals surface area contributed by atoms with Crippen molar-refractivity contribution in [1.82, 2.24) is 0 Å². The van der Waals surface area contributed by atoms with Gasteiger partial charge in [0, 0.05) is 25.6 Å². The molecular weight excluding hydrogens is 321 g/mol. The van der Waals surface area contributed by atoms with Gasteiger partial charge < -0.3 is 9.64 Å². The van der Waals surface area contributed by atoms with Crippen molar-refractivity contribution in [2.24, 2.45) is 0 Å². The van der Waals surface area contributed by atoms with E-state index in [2.05, 4.69) is 6.58 Å². The number of ether oxygens (including phenoxy) is 1. The van der Waals surface area contributed by atoms with Crippen molar-refractivity contribution in [3.63, 3.8) is 0 Å². The molecule has 2 aliphatic heterocycles. The third-order valence-corrected chi connectivity index (χ3v) is 4.56. The highest BCUT2D eigenvalue weighted by Gasteiger charge is 2.32. The zero-order valence-corrected chi connectivity index (χ0v) is 13.9. The molecule has 0 radical (unpaired) electrons. The second-order valence-electron chi connectivity index (χ2n) is 6.20. The first kappa shape index (κ1) is 17.0. The molecule has 0 bridgehead atoms. The predicted octanol–water partition coefficient (Wildman–Crippen LogP) is 3.78. The van der Waals surface area contributed by atoms with Crippen LogP contribution in [0.1, 0.15) is 19.3 Å². The number of carbonyl (C=O) groups is 1.